The third-order valence-electron chi connectivity index (χ3n) is 5.71. The monoisotopic (exact) mass is 418 g/mol. The Hall–Kier alpha value is -3.81. The van der Waals surface area contributed by atoms with Gasteiger partial charge in [-0.15, -0.1) is 0 Å². The highest BCUT2D eigenvalue weighted by Gasteiger charge is 2.52. The van der Waals surface area contributed by atoms with Crippen molar-refractivity contribution in [3.8, 4) is 11.5 Å². The fourth-order valence-corrected chi connectivity index (χ4v) is 4.05. The summed E-state index contributed by atoms with van der Waals surface area (Å²) in [6.45, 7) is 0. The van der Waals surface area contributed by atoms with Crippen LogP contribution in [0.1, 0.15) is 28.4 Å². The number of nitrogens with one attached hydrogen (secondary N) is 1. The van der Waals surface area contributed by atoms with Crippen molar-refractivity contribution in [3.05, 3.63) is 78.0 Å². The van der Waals surface area contributed by atoms with Gasteiger partial charge in [0, 0.05) is 25.5 Å². The Kier molecular flexibility index (Phi) is 4.62. The predicted molar refractivity (Wildman–Crippen MR) is 110 cm³/mol. The van der Waals surface area contributed by atoms with E-state index in [2.05, 4.69) is 15.3 Å². The fraction of sp³-hybridized carbons (Fsp3) is 0.217. The van der Waals surface area contributed by atoms with Crippen LogP contribution >= 0.6 is 0 Å². The summed E-state index contributed by atoms with van der Waals surface area (Å²) in [5.41, 5.74) is 1.11. The Morgan fingerprint density at radius 2 is 2.00 bits per heavy atom. The average Bonchev–Trinajstić information content (AvgIpc) is 3.59. The van der Waals surface area contributed by atoms with Gasteiger partial charge in [-0.25, -0.2) is 9.37 Å². The van der Waals surface area contributed by atoms with Crippen molar-refractivity contribution >= 4 is 17.6 Å². The van der Waals surface area contributed by atoms with Crippen molar-refractivity contribution in [2.24, 2.45) is 5.92 Å². The van der Waals surface area contributed by atoms with Gasteiger partial charge in [0.05, 0.1) is 0 Å². The molecule has 2 amide bonds. The fourth-order valence-electron chi connectivity index (χ4n) is 4.05. The summed E-state index contributed by atoms with van der Waals surface area (Å²) in [6, 6.07) is 12.1. The second-order valence-corrected chi connectivity index (χ2v) is 7.68. The van der Waals surface area contributed by atoms with E-state index in [1.165, 1.54) is 35.4 Å². The van der Waals surface area contributed by atoms with Crippen molar-refractivity contribution in [1.29, 1.82) is 0 Å². The standard InChI is InChI=1S/C23H19FN4O3/c1-28-21-14(5-4-9-26-21)15-12-16(15)20(23(28)30)27-22(29)18-11-13(8-10-25-18)31-19-7-3-2-6-17(19)24/h2-11,15-16,20H,12H2,1H3,(H,27,29). The lowest BCUT2D eigenvalue weighted by molar-refractivity contribution is -0.120. The Labute approximate surface area is 177 Å². The maximum Gasteiger partial charge on any atom is 0.270 e. The molecule has 0 bridgehead atoms. The van der Waals surface area contributed by atoms with E-state index in [4.69, 9.17) is 4.74 Å². The number of rotatable bonds is 4. The van der Waals surface area contributed by atoms with Gasteiger partial charge in [-0.1, -0.05) is 18.2 Å². The molecule has 1 fully saturated rings. The SMILES string of the molecule is CN1C(=O)C(NC(=O)c2cc(Oc3ccccc3F)ccn2)C2CC2c2cccnc21. The van der Waals surface area contributed by atoms with Gasteiger partial charge < -0.3 is 10.1 Å². The van der Waals surface area contributed by atoms with E-state index in [1.54, 1.807) is 25.4 Å². The van der Waals surface area contributed by atoms with Gasteiger partial charge in [0.25, 0.3) is 11.8 Å². The number of nitrogens with zero attached hydrogens (tertiary/aromatic N) is 3. The zero-order valence-electron chi connectivity index (χ0n) is 16.7. The van der Waals surface area contributed by atoms with Gasteiger partial charge in [-0.05, 0) is 48.1 Å². The molecule has 2 aromatic heterocycles. The lowest BCUT2D eigenvalue weighted by Gasteiger charge is -2.22. The Balaban J connectivity index is 1.35. The third-order valence-corrected chi connectivity index (χ3v) is 5.71. The molecular weight excluding hydrogens is 399 g/mol. The Morgan fingerprint density at radius 3 is 2.84 bits per heavy atom. The number of carbonyl (C=O) groups excluding carboxylic acids is 2. The predicted octanol–water partition coefficient (Wildman–Crippen LogP) is 3.29. The summed E-state index contributed by atoms with van der Waals surface area (Å²) < 4.78 is 19.4. The smallest absolute Gasteiger partial charge is 0.270 e. The van der Waals surface area contributed by atoms with Crippen LogP contribution in [0.25, 0.3) is 0 Å². The van der Waals surface area contributed by atoms with E-state index in [0.29, 0.717) is 5.82 Å². The maximum atomic E-state index is 13.9. The lowest BCUT2D eigenvalue weighted by atomic mass is 10.1. The van der Waals surface area contributed by atoms with Crippen LogP contribution in [0, 0.1) is 11.7 Å². The molecule has 5 rings (SSSR count). The molecule has 7 nitrogen and oxygen atoms in total. The van der Waals surface area contributed by atoms with Crippen LogP contribution in [0.15, 0.2) is 60.9 Å². The summed E-state index contributed by atoms with van der Waals surface area (Å²) in [5, 5.41) is 2.83. The van der Waals surface area contributed by atoms with Crippen molar-refractivity contribution in [2.75, 3.05) is 11.9 Å². The van der Waals surface area contributed by atoms with E-state index in [1.807, 2.05) is 12.1 Å². The lowest BCUT2D eigenvalue weighted by Crippen LogP contribution is -2.48. The van der Waals surface area contributed by atoms with E-state index in [0.717, 1.165) is 12.0 Å². The molecule has 1 saturated carbocycles. The van der Waals surface area contributed by atoms with Gasteiger partial charge in [-0.2, -0.15) is 0 Å². The quantitative estimate of drug-likeness (QED) is 0.703. The first-order chi connectivity index (χ1) is 15.0. The Bertz CT molecular complexity index is 1180. The maximum absolute atomic E-state index is 13.9. The van der Waals surface area contributed by atoms with Crippen LogP contribution in [-0.4, -0.2) is 34.9 Å². The summed E-state index contributed by atoms with van der Waals surface area (Å²) >= 11 is 0. The average molecular weight is 418 g/mol. The molecule has 31 heavy (non-hydrogen) atoms. The van der Waals surface area contributed by atoms with Gasteiger partial charge >= 0.3 is 0 Å². The minimum absolute atomic E-state index is 0.0159. The molecule has 1 N–H and O–H groups in total. The number of likely N-dealkylation sites (N-methyl/N-ethyl adjacent to an activating group) is 1. The minimum Gasteiger partial charge on any atom is -0.454 e. The number of aromatic nitrogens is 2. The van der Waals surface area contributed by atoms with Gasteiger partial charge in [0.2, 0.25) is 0 Å². The number of pyridine rings is 2. The molecule has 1 aliphatic carbocycles. The number of anilines is 1. The van der Waals surface area contributed by atoms with Gasteiger partial charge in [0.15, 0.2) is 11.6 Å². The van der Waals surface area contributed by atoms with E-state index >= 15 is 0 Å². The highest BCUT2D eigenvalue weighted by Crippen LogP contribution is 2.53. The molecule has 156 valence electrons. The van der Waals surface area contributed by atoms with Crippen LogP contribution in [0.4, 0.5) is 10.2 Å². The molecule has 1 aromatic carbocycles. The molecule has 2 aliphatic rings. The number of fused-ring (bicyclic) bond motifs is 3. The van der Waals surface area contributed by atoms with Crippen molar-refractivity contribution in [3.63, 3.8) is 0 Å². The highest BCUT2D eigenvalue weighted by atomic mass is 19.1. The van der Waals surface area contributed by atoms with Crippen LogP contribution in [0.5, 0.6) is 11.5 Å². The Morgan fingerprint density at radius 1 is 1.16 bits per heavy atom. The zero-order chi connectivity index (χ0) is 21.5. The first-order valence-electron chi connectivity index (χ1n) is 9.94. The van der Waals surface area contributed by atoms with Crippen molar-refractivity contribution in [1.82, 2.24) is 15.3 Å². The van der Waals surface area contributed by atoms with Crippen molar-refractivity contribution < 1.29 is 18.7 Å². The molecule has 1 aliphatic heterocycles. The third kappa shape index (κ3) is 3.50. The molecule has 0 radical (unpaired) electrons. The second kappa shape index (κ2) is 7.46. The van der Waals surface area contributed by atoms with Gasteiger partial charge in [-0.3, -0.25) is 19.5 Å². The topological polar surface area (TPSA) is 84.4 Å². The number of carbonyl (C=O) groups is 2. The number of benzene rings is 1. The van der Waals surface area contributed by atoms with E-state index < -0.39 is 17.8 Å². The molecule has 0 saturated heterocycles. The normalized spacial score (nSPS) is 21.5. The van der Waals surface area contributed by atoms with E-state index in [9.17, 15) is 14.0 Å². The van der Waals surface area contributed by atoms with Crippen LogP contribution in [0.2, 0.25) is 0 Å². The zero-order valence-corrected chi connectivity index (χ0v) is 16.7. The molecule has 8 heteroatoms. The number of halogens is 1. The minimum atomic E-state index is -0.672. The number of ether oxygens (including phenoxy) is 1. The highest BCUT2D eigenvalue weighted by molar-refractivity contribution is 6.02. The number of para-hydroxylation sites is 1. The largest absolute Gasteiger partial charge is 0.454 e. The first-order valence-corrected chi connectivity index (χ1v) is 9.94. The van der Waals surface area contributed by atoms with Crippen LogP contribution < -0.4 is 15.0 Å². The van der Waals surface area contributed by atoms with Crippen LogP contribution in [0.3, 0.4) is 0 Å². The number of hydrogen-bond donors (Lipinski definition) is 1. The molecule has 3 aromatic rings. The summed E-state index contributed by atoms with van der Waals surface area (Å²) in [7, 11) is 1.67. The molecule has 3 atom stereocenters. The molecule has 3 unspecified atom stereocenters. The first kappa shape index (κ1) is 19.2. The summed E-state index contributed by atoms with van der Waals surface area (Å²) in [4.78, 5) is 35.9. The molecule has 3 heterocycles. The number of amides is 2. The van der Waals surface area contributed by atoms with Gasteiger partial charge in [0.1, 0.15) is 23.3 Å². The second-order valence-electron chi connectivity index (χ2n) is 7.68. The van der Waals surface area contributed by atoms with Crippen LogP contribution in [-0.2, 0) is 4.79 Å². The summed E-state index contributed by atoms with van der Waals surface area (Å²) in [5.74, 6) is -0.0520. The molecule has 0 spiro atoms. The molecular formula is C23H19FN4O3. The van der Waals surface area contributed by atoms with Crippen molar-refractivity contribution in [2.45, 2.75) is 18.4 Å². The summed E-state index contributed by atoms with van der Waals surface area (Å²) in [6.07, 6.45) is 3.88. The number of hydrogen-bond acceptors (Lipinski definition) is 5. The van der Waals surface area contributed by atoms with E-state index in [-0.39, 0.29) is 34.9 Å².